The fourth-order valence-corrected chi connectivity index (χ4v) is 2.36. The first-order chi connectivity index (χ1) is 9.11. The van der Waals surface area contributed by atoms with Crippen molar-refractivity contribution < 1.29 is 9.53 Å². The van der Waals surface area contributed by atoms with Crippen LogP contribution < -0.4 is 9.64 Å². The van der Waals surface area contributed by atoms with Crippen LogP contribution in [0.25, 0.3) is 0 Å². The summed E-state index contributed by atoms with van der Waals surface area (Å²) in [7, 11) is 1.68. The minimum Gasteiger partial charge on any atom is -0.497 e. The molecular formula is C15H22N2O2. The predicted octanol–water partition coefficient (Wildman–Crippen LogP) is 2.00. The molecular weight excluding hydrogens is 240 g/mol. The summed E-state index contributed by atoms with van der Waals surface area (Å²) in [6, 6.07) is 8.07. The van der Waals surface area contributed by atoms with Gasteiger partial charge >= 0.3 is 0 Å². The highest BCUT2D eigenvalue weighted by molar-refractivity contribution is 5.78. The van der Waals surface area contributed by atoms with Crippen LogP contribution in [0, 0.1) is 5.92 Å². The molecule has 4 heteroatoms. The molecule has 4 nitrogen and oxygen atoms in total. The fourth-order valence-electron chi connectivity index (χ4n) is 2.36. The van der Waals surface area contributed by atoms with Gasteiger partial charge in [0.15, 0.2) is 0 Å². The van der Waals surface area contributed by atoms with Crippen molar-refractivity contribution in [1.29, 1.82) is 0 Å². The Labute approximate surface area is 115 Å². The van der Waals surface area contributed by atoms with Crippen molar-refractivity contribution in [1.82, 2.24) is 4.90 Å². The molecule has 0 unspecified atom stereocenters. The van der Waals surface area contributed by atoms with Crippen LogP contribution in [0.1, 0.15) is 13.8 Å². The first kappa shape index (κ1) is 13.7. The number of methoxy groups -OCH3 is 1. The second-order valence-corrected chi connectivity index (χ2v) is 5.17. The van der Waals surface area contributed by atoms with Crippen molar-refractivity contribution in [2.24, 2.45) is 5.92 Å². The molecule has 0 saturated carbocycles. The fraction of sp³-hybridized carbons (Fsp3) is 0.533. The van der Waals surface area contributed by atoms with Gasteiger partial charge in [-0.1, -0.05) is 19.9 Å². The highest BCUT2D eigenvalue weighted by atomic mass is 16.5. The molecule has 1 heterocycles. The number of ether oxygens (including phenoxy) is 1. The quantitative estimate of drug-likeness (QED) is 0.835. The van der Waals surface area contributed by atoms with Crippen LogP contribution in [0.15, 0.2) is 24.3 Å². The summed E-state index contributed by atoms with van der Waals surface area (Å²) in [6.45, 7) is 7.27. The molecule has 1 saturated heterocycles. The average molecular weight is 262 g/mol. The molecule has 0 aromatic heterocycles. The van der Waals surface area contributed by atoms with Gasteiger partial charge in [0.25, 0.3) is 0 Å². The number of benzene rings is 1. The normalized spacial score (nSPS) is 15.8. The Kier molecular flexibility index (Phi) is 4.30. The third-order valence-electron chi connectivity index (χ3n) is 3.50. The second kappa shape index (κ2) is 5.95. The number of carbonyl (C=O) groups excluding carboxylic acids is 1. The second-order valence-electron chi connectivity index (χ2n) is 5.17. The standard InChI is InChI=1S/C15H22N2O2/c1-12(2)15(18)17-9-7-16(8-10-17)13-5-4-6-14(11-13)19-3/h4-6,11-12H,7-10H2,1-3H3. The SMILES string of the molecule is COc1cccc(N2CCN(C(=O)C(C)C)CC2)c1. The summed E-state index contributed by atoms with van der Waals surface area (Å²) in [5.41, 5.74) is 1.16. The van der Waals surface area contributed by atoms with E-state index in [2.05, 4.69) is 11.0 Å². The summed E-state index contributed by atoms with van der Waals surface area (Å²) in [5.74, 6) is 1.21. The third-order valence-corrected chi connectivity index (χ3v) is 3.50. The third kappa shape index (κ3) is 3.19. The molecule has 0 atom stereocenters. The van der Waals surface area contributed by atoms with Gasteiger partial charge in [-0.15, -0.1) is 0 Å². The number of rotatable bonds is 3. The Hall–Kier alpha value is -1.71. The minimum atomic E-state index is 0.0865. The lowest BCUT2D eigenvalue weighted by atomic mass is 10.1. The molecule has 0 N–H and O–H groups in total. The average Bonchev–Trinajstić information content (AvgIpc) is 2.46. The topological polar surface area (TPSA) is 32.8 Å². The Balaban J connectivity index is 1.97. The minimum absolute atomic E-state index is 0.0865. The summed E-state index contributed by atoms with van der Waals surface area (Å²) in [5, 5.41) is 0. The van der Waals surface area contributed by atoms with E-state index in [9.17, 15) is 4.79 Å². The van der Waals surface area contributed by atoms with E-state index in [0.29, 0.717) is 0 Å². The monoisotopic (exact) mass is 262 g/mol. The number of amides is 1. The van der Waals surface area contributed by atoms with Gasteiger partial charge in [-0.05, 0) is 12.1 Å². The molecule has 19 heavy (non-hydrogen) atoms. The summed E-state index contributed by atoms with van der Waals surface area (Å²) in [4.78, 5) is 16.2. The Morgan fingerprint density at radius 2 is 1.89 bits per heavy atom. The zero-order valence-corrected chi connectivity index (χ0v) is 11.9. The van der Waals surface area contributed by atoms with Crippen molar-refractivity contribution in [2.45, 2.75) is 13.8 Å². The van der Waals surface area contributed by atoms with Gasteiger partial charge in [0.05, 0.1) is 7.11 Å². The van der Waals surface area contributed by atoms with Gasteiger partial charge < -0.3 is 14.5 Å². The van der Waals surface area contributed by atoms with Gasteiger partial charge in [0, 0.05) is 43.9 Å². The van der Waals surface area contributed by atoms with Crippen LogP contribution in [0.2, 0.25) is 0 Å². The summed E-state index contributed by atoms with van der Waals surface area (Å²) < 4.78 is 5.25. The largest absolute Gasteiger partial charge is 0.497 e. The first-order valence-electron chi connectivity index (χ1n) is 6.79. The molecule has 2 rings (SSSR count). The molecule has 0 spiro atoms. The van der Waals surface area contributed by atoms with Gasteiger partial charge in [0.1, 0.15) is 5.75 Å². The van der Waals surface area contributed by atoms with E-state index in [1.165, 1.54) is 0 Å². The lowest BCUT2D eigenvalue weighted by molar-refractivity contribution is -0.134. The molecule has 1 aliphatic rings. The molecule has 1 aromatic carbocycles. The summed E-state index contributed by atoms with van der Waals surface area (Å²) >= 11 is 0. The van der Waals surface area contributed by atoms with Gasteiger partial charge in [0.2, 0.25) is 5.91 Å². The number of piperazine rings is 1. The first-order valence-corrected chi connectivity index (χ1v) is 6.79. The Morgan fingerprint density at radius 1 is 1.21 bits per heavy atom. The van der Waals surface area contributed by atoms with Crippen molar-refractivity contribution in [3.05, 3.63) is 24.3 Å². The van der Waals surface area contributed by atoms with Crippen LogP contribution in [-0.2, 0) is 4.79 Å². The van der Waals surface area contributed by atoms with E-state index >= 15 is 0 Å². The maximum atomic E-state index is 11.9. The van der Waals surface area contributed by atoms with Crippen LogP contribution in [0.4, 0.5) is 5.69 Å². The Morgan fingerprint density at radius 3 is 2.47 bits per heavy atom. The number of hydrogen-bond donors (Lipinski definition) is 0. The predicted molar refractivity (Wildman–Crippen MR) is 76.6 cm³/mol. The van der Waals surface area contributed by atoms with E-state index in [0.717, 1.165) is 37.6 Å². The zero-order chi connectivity index (χ0) is 13.8. The lowest BCUT2D eigenvalue weighted by Crippen LogP contribution is -2.49. The van der Waals surface area contributed by atoms with E-state index in [1.54, 1.807) is 7.11 Å². The van der Waals surface area contributed by atoms with Gasteiger partial charge in [-0.3, -0.25) is 4.79 Å². The van der Waals surface area contributed by atoms with Crippen LogP contribution in [0.3, 0.4) is 0 Å². The molecule has 0 aliphatic carbocycles. The van der Waals surface area contributed by atoms with E-state index < -0.39 is 0 Å². The van der Waals surface area contributed by atoms with Crippen molar-refractivity contribution >= 4 is 11.6 Å². The molecule has 1 aromatic rings. The zero-order valence-electron chi connectivity index (χ0n) is 11.9. The highest BCUT2D eigenvalue weighted by Gasteiger charge is 2.22. The molecule has 104 valence electrons. The lowest BCUT2D eigenvalue weighted by Gasteiger charge is -2.37. The van der Waals surface area contributed by atoms with Crippen molar-refractivity contribution in [3.8, 4) is 5.75 Å². The van der Waals surface area contributed by atoms with Crippen molar-refractivity contribution in [2.75, 3.05) is 38.2 Å². The van der Waals surface area contributed by atoms with Crippen LogP contribution in [-0.4, -0.2) is 44.1 Å². The number of anilines is 1. The smallest absolute Gasteiger partial charge is 0.225 e. The number of carbonyl (C=O) groups is 1. The maximum Gasteiger partial charge on any atom is 0.225 e. The molecule has 0 radical (unpaired) electrons. The maximum absolute atomic E-state index is 11.9. The van der Waals surface area contributed by atoms with Crippen LogP contribution in [0.5, 0.6) is 5.75 Å². The van der Waals surface area contributed by atoms with Gasteiger partial charge in [-0.2, -0.15) is 0 Å². The highest BCUT2D eigenvalue weighted by Crippen LogP contribution is 2.22. The van der Waals surface area contributed by atoms with Gasteiger partial charge in [-0.25, -0.2) is 0 Å². The number of hydrogen-bond acceptors (Lipinski definition) is 3. The van der Waals surface area contributed by atoms with E-state index in [1.807, 2.05) is 36.9 Å². The van der Waals surface area contributed by atoms with E-state index in [-0.39, 0.29) is 11.8 Å². The summed E-state index contributed by atoms with van der Waals surface area (Å²) in [6.07, 6.45) is 0. The molecule has 0 bridgehead atoms. The molecule has 1 aliphatic heterocycles. The number of nitrogens with zero attached hydrogens (tertiary/aromatic N) is 2. The molecule has 1 amide bonds. The van der Waals surface area contributed by atoms with E-state index in [4.69, 9.17) is 4.74 Å². The molecule has 1 fully saturated rings. The van der Waals surface area contributed by atoms with Crippen molar-refractivity contribution in [3.63, 3.8) is 0 Å². The Bertz CT molecular complexity index is 438. The van der Waals surface area contributed by atoms with Crippen LogP contribution >= 0.6 is 0 Å².